The molecule has 2 spiro atoms. The third-order valence-electron chi connectivity index (χ3n) is 12.1. The van der Waals surface area contributed by atoms with E-state index in [0.29, 0.717) is 37.9 Å². The number of anilines is 2. The lowest BCUT2D eigenvalue weighted by molar-refractivity contribution is -0.131. The number of hydrogen-bond acceptors (Lipinski definition) is 7. The molecule has 0 bridgehead atoms. The minimum atomic E-state index is -1.29. The van der Waals surface area contributed by atoms with Gasteiger partial charge in [0.1, 0.15) is 11.1 Å². The second-order valence-electron chi connectivity index (χ2n) is 15.4. The standard InChI is InChI=1S/C23H20Cl2N4O3.C21H18BrCl2N3O3/c1-3-20(30)28-12-19(15-6-4-14(11-26)5-7-15)23(13-28)21(31)29(22(32)27(23)2)18-9-16(24)8-17(25)10-18;1-25-20(30)27(16-8-14(23)7-15(24)9-16)19(29)21(25)12-26(18(28)10-22)11-17(21)13-5-3-2-4-6-13/h4-10,19H,3,12-13H2,1-2H3;2-9,17H,10-12H2,1H3/t19-,23+;17-,21+/m00/s1. The highest BCUT2D eigenvalue weighted by molar-refractivity contribution is 9.09. The van der Waals surface area contributed by atoms with Crippen LogP contribution in [0.25, 0.3) is 0 Å². The van der Waals surface area contributed by atoms with Gasteiger partial charge in [0.2, 0.25) is 11.8 Å². The predicted octanol–water partition coefficient (Wildman–Crippen LogP) is 8.19. The van der Waals surface area contributed by atoms with Crippen molar-refractivity contribution in [3.63, 3.8) is 0 Å². The summed E-state index contributed by atoms with van der Waals surface area (Å²) in [5, 5.41) is 10.5. The van der Waals surface area contributed by atoms with Crippen LogP contribution in [0.15, 0.2) is 91.0 Å². The SMILES string of the molecule is CCC(=O)N1C[C@@H](c2ccc(C#N)cc2)[C@]2(C1)C(=O)N(c1cc(Cl)cc(Cl)c1)C(=O)N2C.CN1C(=O)N(c2cc(Cl)cc(Cl)c2)C(=O)[C@]12CN(C(=O)CBr)C[C@H]2c1ccccc1. The average Bonchev–Trinajstić information content (AvgIpc) is 3.96. The van der Waals surface area contributed by atoms with Crippen LogP contribution in [0.2, 0.25) is 20.1 Å². The lowest BCUT2D eigenvalue weighted by atomic mass is 9.80. The summed E-state index contributed by atoms with van der Waals surface area (Å²) < 4.78 is 0. The van der Waals surface area contributed by atoms with E-state index in [1.807, 2.05) is 30.3 Å². The van der Waals surface area contributed by atoms with Crippen molar-refractivity contribution in [2.75, 3.05) is 55.4 Å². The van der Waals surface area contributed by atoms with Crippen LogP contribution >= 0.6 is 62.3 Å². The van der Waals surface area contributed by atoms with Crippen LogP contribution in [-0.4, -0.2) is 112 Å². The Morgan fingerprint density at radius 3 is 1.45 bits per heavy atom. The van der Waals surface area contributed by atoms with Gasteiger partial charge in [-0.05, 0) is 59.7 Å². The Hall–Kier alpha value is -5.17. The summed E-state index contributed by atoms with van der Waals surface area (Å²) in [6.45, 7) is 2.57. The highest BCUT2D eigenvalue weighted by Gasteiger charge is 2.66. The van der Waals surface area contributed by atoms with E-state index < -0.39 is 40.9 Å². The molecule has 4 saturated heterocycles. The van der Waals surface area contributed by atoms with E-state index in [1.54, 1.807) is 55.1 Å². The van der Waals surface area contributed by atoms with Gasteiger partial charge in [0.05, 0.1) is 41.4 Å². The number of benzene rings is 4. The van der Waals surface area contributed by atoms with Crippen molar-refractivity contribution in [2.24, 2.45) is 0 Å². The smallest absolute Gasteiger partial charge is 0.332 e. The van der Waals surface area contributed by atoms with Gasteiger partial charge in [-0.3, -0.25) is 19.2 Å². The van der Waals surface area contributed by atoms with E-state index in [0.717, 1.165) is 20.9 Å². The van der Waals surface area contributed by atoms with Crippen LogP contribution in [0, 0.1) is 11.3 Å². The summed E-state index contributed by atoms with van der Waals surface area (Å²) in [4.78, 5) is 87.7. The molecule has 4 aromatic rings. The van der Waals surface area contributed by atoms with Crippen molar-refractivity contribution < 1.29 is 28.8 Å². The van der Waals surface area contributed by atoms with Crippen LogP contribution in [0.1, 0.15) is 41.9 Å². The van der Waals surface area contributed by atoms with Crippen LogP contribution in [-0.2, 0) is 19.2 Å². The maximum absolute atomic E-state index is 13.9. The number of imide groups is 2. The Morgan fingerprint density at radius 1 is 0.661 bits per heavy atom. The Bertz CT molecular complexity index is 2500. The van der Waals surface area contributed by atoms with Gasteiger partial charge in [0.25, 0.3) is 11.8 Å². The third-order valence-corrected chi connectivity index (χ3v) is 13.5. The first-order valence-corrected chi connectivity index (χ1v) is 22.0. The Kier molecular flexibility index (Phi) is 12.7. The molecule has 0 aromatic heterocycles. The second kappa shape index (κ2) is 17.5. The van der Waals surface area contributed by atoms with Crippen molar-refractivity contribution >= 4 is 109 Å². The molecule has 4 atom stereocenters. The fourth-order valence-corrected chi connectivity index (χ4v) is 10.4. The first-order valence-electron chi connectivity index (χ1n) is 19.4. The largest absolute Gasteiger partial charge is 0.339 e. The van der Waals surface area contributed by atoms with E-state index in [2.05, 4.69) is 22.0 Å². The first-order chi connectivity index (χ1) is 29.5. The molecule has 13 nitrogen and oxygen atoms in total. The normalized spacial score (nSPS) is 23.2. The first kappa shape index (κ1) is 44.9. The molecular formula is C44H38BrCl4N7O6. The zero-order valence-electron chi connectivity index (χ0n) is 33.5. The van der Waals surface area contributed by atoms with Gasteiger partial charge in [-0.15, -0.1) is 0 Å². The number of likely N-dealkylation sites (tertiary alicyclic amines) is 2. The van der Waals surface area contributed by atoms with E-state index in [1.165, 1.54) is 46.2 Å². The van der Waals surface area contributed by atoms with Gasteiger partial charge in [-0.25, -0.2) is 19.4 Å². The third kappa shape index (κ3) is 7.57. The molecule has 0 N–H and O–H groups in total. The zero-order valence-corrected chi connectivity index (χ0v) is 38.1. The van der Waals surface area contributed by atoms with Crippen LogP contribution in [0.4, 0.5) is 21.0 Å². The number of amides is 8. The minimum absolute atomic E-state index is 0.0796. The summed E-state index contributed by atoms with van der Waals surface area (Å²) >= 11 is 27.7. The highest BCUT2D eigenvalue weighted by Crippen LogP contribution is 2.48. The summed E-state index contributed by atoms with van der Waals surface area (Å²) in [6.07, 6.45) is 0.287. The van der Waals surface area contributed by atoms with Gasteiger partial charge < -0.3 is 19.6 Å². The second-order valence-corrected chi connectivity index (χ2v) is 17.7. The zero-order chi connectivity index (χ0) is 44.8. The Balaban J connectivity index is 0.000000187. The quantitative estimate of drug-likeness (QED) is 0.140. The molecule has 320 valence electrons. The molecule has 0 unspecified atom stereocenters. The lowest BCUT2D eigenvalue weighted by Crippen LogP contribution is -2.54. The number of rotatable bonds is 6. The number of carbonyl (C=O) groups excluding carboxylic acids is 6. The molecule has 4 aromatic carbocycles. The predicted molar refractivity (Wildman–Crippen MR) is 240 cm³/mol. The van der Waals surface area contributed by atoms with Gasteiger partial charge in [-0.2, -0.15) is 5.26 Å². The van der Waals surface area contributed by atoms with Crippen molar-refractivity contribution in [1.29, 1.82) is 5.26 Å². The molecule has 18 heteroatoms. The lowest BCUT2D eigenvalue weighted by Gasteiger charge is -2.33. The van der Waals surface area contributed by atoms with Crippen LogP contribution in [0.3, 0.4) is 0 Å². The molecule has 4 fully saturated rings. The summed E-state index contributed by atoms with van der Waals surface area (Å²) in [6, 6.07) is 26.6. The summed E-state index contributed by atoms with van der Waals surface area (Å²) in [7, 11) is 3.17. The minimum Gasteiger partial charge on any atom is -0.339 e. The fraction of sp³-hybridized carbons (Fsp3) is 0.295. The number of nitrogens with zero attached hydrogens (tertiary/aromatic N) is 7. The molecule has 62 heavy (non-hydrogen) atoms. The van der Waals surface area contributed by atoms with E-state index in [9.17, 15) is 28.8 Å². The monoisotopic (exact) mass is 979 g/mol. The van der Waals surface area contributed by atoms with Crippen LogP contribution < -0.4 is 9.80 Å². The number of likely N-dealkylation sites (N-methyl/N-ethyl adjacent to an activating group) is 2. The van der Waals surface area contributed by atoms with Gasteiger partial charge in [0, 0.05) is 65.5 Å². The van der Waals surface area contributed by atoms with Crippen molar-refractivity contribution in [2.45, 2.75) is 36.3 Å². The van der Waals surface area contributed by atoms with Crippen molar-refractivity contribution in [3.8, 4) is 6.07 Å². The number of halogens is 5. The molecule has 0 radical (unpaired) electrons. The maximum atomic E-state index is 13.9. The summed E-state index contributed by atoms with van der Waals surface area (Å²) in [5.41, 5.74) is 0.231. The number of urea groups is 2. The van der Waals surface area contributed by atoms with E-state index in [-0.39, 0.29) is 54.8 Å². The topological polar surface area (TPSA) is 146 Å². The van der Waals surface area contributed by atoms with Gasteiger partial charge >= 0.3 is 12.1 Å². The molecule has 0 aliphatic carbocycles. The number of hydrogen-bond donors (Lipinski definition) is 0. The number of alkyl halides is 1. The fourth-order valence-electron chi connectivity index (χ4n) is 8.99. The van der Waals surface area contributed by atoms with Gasteiger partial charge in [-0.1, -0.05) is 112 Å². The molecular weight excluding hydrogens is 944 g/mol. The molecule has 8 amide bonds. The van der Waals surface area contributed by atoms with E-state index >= 15 is 0 Å². The molecule has 4 aliphatic rings. The molecule has 0 saturated carbocycles. The number of nitriles is 1. The van der Waals surface area contributed by atoms with Crippen molar-refractivity contribution in [3.05, 3.63) is 128 Å². The average molecular weight is 983 g/mol. The van der Waals surface area contributed by atoms with Crippen molar-refractivity contribution in [1.82, 2.24) is 19.6 Å². The molecule has 4 heterocycles. The molecule has 4 aliphatic heterocycles. The molecule has 8 rings (SSSR count). The highest BCUT2D eigenvalue weighted by atomic mass is 79.9. The van der Waals surface area contributed by atoms with Crippen LogP contribution in [0.5, 0.6) is 0 Å². The summed E-state index contributed by atoms with van der Waals surface area (Å²) in [5.74, 6) is -1.91. The van der Waals surface area contributed by atoms with E-state index in [4.69, 9.17) is 51.7 Å². The number of carbonyl (C=O) groups is 6. The van der Waals surface area contributed by atoms with Gasteiger partial charge in [0.15, 0.2) is 0 Å². The maximum Gasteiger partial charge on any atom is 0.332 e. The Morgan fingerprint density at radius 2 is 1.06 bits per heavy atom. The Labute approximate surface area is 386 Å².